The molecule has 1 heterocycles. The monoisotopic (exact) mass is 308 g/mol. The number of amides is 1. The molecule has 1 aromatic carbocycles. The highest BCUT2D eigenvalue weighted by Crippen LogP contribution is 2.25. The second-order valence-corrected chi connectivity index (χ2v) is 5.68. The molecule has 5 heteroatoms. The zero-order valence-electron chi connectivity index (χ0n) is 12.0. The number of rotatable bonds is 2. The topological polar surface area (TPSA) is 58.2 Å². The number of hydrogen-bond donors (Lipinski definition) is 2. The minimum Gasteiger partial charge on any atom is -0.326 e. The number of Topliss-reactive ketones (excluding diaryl/α,β-unsaturated/α-hetero) is 1. The van der Waals surface area contributed by atoms with Crippen molar-refractivity contribution in [3.05, 3.63) is 29.3 Å². The van der Waals surface area contributed by atoms with Gasteiger partial charge in [-0.2, -0.15) is 0 Å². The third-order valence-corrected chi connectivity index (χ3v) is 4.20. The van der Waals surface area contributed by atoms with E-state index in [1.165, 1.54) is 0 Å². The Balaban J connectivity index is 0.00000161. The first-order valence-corrected chi connectivity index (χ1v) is 7.42. The van der Waals surface area contributed by atoms with Gasteiger partial charge in [0, 0.05) is 24.2 Å². The van der Waals surface area contributed by atoms with Crippen molar-refractivity contribution in [1.29, 1.82) is 0 Å². The minimum absolute atomic E-state index is 0. The summed E-state index contributed by atoms with van der Waals surface area (Å²) in [6, 6.07) is 5.72. The number of halogens is 1. The van der Waals surface area contributed by atoms with Gasteiger partial charge in [0.05, 0.1) is 5.92 Å². The molecule has 4 nitrogen and oxygen atoms in total. The van der Waals surface area contributed by atoms with Crippen LogP contribution in [0.4, 0.5) is 5.69 Å². The van der Waals surface area contributed by atoms with Crippen LogP contribution in [0.5, 0.6) is 0 Å². The molecule has 1 aromatic rings. The Hall–Kier alpha value is -1.39. The number of aryl methyl sites for hydroxylation is 1. The predicted molar refractivity (Wildman–Crippen MR) is 85.2 cm³/mol. The molecule has 1 saturated heterocycles. The van der Waals surface area contributed by atoms with Crippen LogP contribution in [-0.2, 0) is 11.2 Å². The zero-order chi connectivity index (χ0) is 13.9. The van der Waals surface area contributed by atoms with Crippen LogP contribution < -0.4 is 10.6 Å². The zero-order valence-corrected chi connectivity index (χ0v) is 12.8. The molecule has 1 aliphatic carbocycles. The standard InChI is InChI=1S/C16H20N2O2.ClH/c19-15-5-1-3-11-6-7-13(9-14(11)15)18-16(20)12-4-2-8-17-10-12;/h6-7,9,12,17H,1-5,8,10H2,(H,18,20);1H. The van der Waals surface area contributed by atoms with Gasteiger partial charge >= 0.3 is 0 Å². The molecule has 0 radical (unpaired) electrons. The first kappa shape index (κ1) is 16.0. The number of carbonyl (C=O) groups is 2. The van der Waals surface area contributed by atoms with Gasteiger partial charge in [-0.15, -0.1) is 12.4 Å². The number of ketones is 1. The van der Waals surface area contributed by atoms with E-state index in [1.54, 1.807) is 0 Å². The van der Waals surface area contributed by atoms with E-state index in [0.717, 1.165) is 55.6 Å². The molecule has 0 aromatic heterocycles. The summed E-state index contributed by atoms with van der Waals surface area (Å²) < 4.78 is 0. The van der Waals surface area contributed by atoms with Crippen molar-refractivity contribution < 1.29 is 9.59 Å². The summed E-state index contributed by atoms with van der Waals surface area (Å²) in [5.41, 5.74) is 2.64. The van der Waals surface area contributed by atoms with E-state index in [0.29, 0.717) is 6.42 Å². The summed E-state index contributed by atoms with van der Waals surface area (Å²) in [7, 11) is 0. The number of nitrogens with one attached hydrogen (secondary N) is 2. The average molecular weight is 309 g/mol. The van der Waals surface area contributed by atoms with E-state index in [2.05, 4.69) is 10.6 Å². The Morgan fingerprint density at radius 2 is 2.10 bits per heavy atom. The lowest BCUT2D eigenvalue weighted by atomic mass is 9.90. The first-order valence-electron chi connectivity index (χ1n) is 7.42. The van der Waals surface area contributed by atoms with Crippen LogP contribution in [0, 0.1) is 5.92 Å². The molecule has 0 bridgehead atoms. The molecule has 2 aliphatic rings. The lowest BCUT2D eigenvalue weighted by Crippen LogP contribution is -2.37. The highest BCUT2D eigenvalue weighted by molar-refractivity contribution is 6.00. The van der Waals surface area contributed by atoms with E-state index in [4.69, 9.17) is 0 Å². The van der Waals surface area contributed by atoms with Crippen molar-refractivity contribution in [2.45, 2.75) is 32.1 Å². The lowest BCUT2D eigenvalue weighted by molar-refractivity contribution is -0.120. The van der Waals surface area contributed by atoms with Crippen LogP contribution in [0.25, 0.3) is 0 Å². The molecule has 114 valence electrons. The molecule has 2 N–H and O–H groups in total. The van der Waals surface area contributed by atoms with Gasteiger partial charge in [0.1, 0.15) is 0 Å². The van der Waals surface area contributed by atoms with Gasteiger partial charge in [0.2, 0.25) is 5.91 Å². The molecular weight excluding hydrogens is 288 g/mol. The number of carbonyl (C=O) groups excluding carboxylic acids is 2. The highest BCUT2D eigenvalue weighted by Gasteiger charge is 2.22. The molecule has 1 atom stereocenters. The lowest BCUT2D eigenvalue weighted by Gasteiger charge is -2.22. The third-order valence-electron chi connectivity index (χ3n) is 4.20. The van der Waals surface area contributed by atoms with Crippen molar-refractivity contribution in [3.63, 3.8) is 0 Å². The van der Waals surface area contributed by atoms with E-state index < -0.39 is 0 Å². The summed E-state index contributed by atoms with van der Waals surface area (Å²) in [6.07, 6.45) is 4.49. The fraction of sp³-hybridized carbons (Fsp3) is 0.500. The molecule has 0 spiro atoms. The Labute approximate surface area is 131 Å². The van der Waals surface area contributed by atoms with Crippen LogP contribution in [0.15, 0.2) is 18.2 Å². The summed E-state index contributed by atoms with van der Waals surface area (Å²) in [5, 5.41) is 6.19. The number of fused-ring (bicyclic) bond motifs is 1. The van der Waals surface area contributed by atoms with Crippen molar-refractivity contribution in [2.75, 3.05) is 18.4 Å². The molecule has 0 saturated carbocycles. The fourth-order valence-electron chi connectivity index (χ4n) is 3.03. The quantitative estimate of drug-likeness (QED) is 0.883. The number of hydrogen-bond acceptors (Lipinski definition) is 3. The van der Waals surface area contributed by atoms with Crippen molar-refractivity contribution in [2.24, 2.45) is 5.92 Å². The van der Waals surface area contributed by atoms with Crippen molar-refractivity contribution in [1.82, 2.24) is 5.32 Å². The molecule has 1 amide bonds. The van der Waals surface area contributed by atoms with Crippen LogP contribution in [0.2, 0.25) is 0 Å². The number of anilines is 1. The minimum atomic E-state index is 0. The average Bonchev–Trinajstić information content (AvgIpc) is 2.49. The van der Waals surface area contributed by atoms with Crippen LogP contribution in [0.1, 0.15) is 41.6 Å². The smallest absolute Gasteiger partial charge is 0.228 e. The maximum absolute atomic E-state index is 12.2. The van der Waals surface area contributed by atoms with Gasteiger partial charge in [0.15, 0.2) is 5.78 Å². The highest BCUT2D eigenvalue weighted by atomic mass is 35.5. The number of piperidine rings is 1. The molecule has 1 aliphatic heterocycles. The van der Waals surface area contributed by atoms with Gasteiger partial charge in [-0.05, 0) is 49.9 Å². The van der Waals surface area contributed by atoms with E-state index in [-0.39, 0.29) is 30.0 Å². The summed E-state index contributed by atoms with van der Waals surface area (Å²) in [6.45, 7) is 1.74. The number of benzene rings is 1. The van der Waals surface area contributed by atoms with Gasteiger partial charge in [0.25, 0.3) is 0 Å². The second-order valence-electron chi connectivity index (χ2n) is 5.68. The van der Waals surface area contributed by atoms with Crippen molar-refractivity contribution in [3.8, 4) is 0 Å². The summed E-state index contributed by atoms with van der Waals surface area (Å²) in [5.74, 6) is 0.289. The molecule has 3 rings (SSSR count). The maximum Gasteiger partial charge on any atom is 0.228 e. The maximum atomic E-state index is 12.2. The fourth-order valence-corrected chi connectivity index (χ4v) is 3.03. The van der Waals surface area contributed by atoms with E-state index in [1.807, 2.05) is 18.2 Å². The van der Waals surface area contributed by atoms with Crippen molar-refractivity contribution >= 4 is 29.8 Å². The van der Waals surface area contributed by atoms with Crippen LogP contribution in [-0.4, -0.2) is 24.8 Å². The third kappa shape index (κ3) is 3.63. The molecule has 1 unspecified atom stereocenters. The van der Waals surface area contributed by atoms with E-state index >= 15 is 0 Å². The first-order chi connectivity index (χ1) is 9.74. The van der Waals surface area contributed by atoms with Gasteiger partial charge in [-0.1, -0.05) is 6.07 Å². The molecular formula is C16H21ClN2O2. The van der Waals surface area contributed by atoms with Crippen LogP contribution >= 0.6 is 12.4 Å². The van der Waals surface area contributed by atoms with E-state index in [9.17, 15) is 9.59 Å². The second kappa shape index (κ2) is 7.05. The SMILES string of the molecule is Cl.O=C1CCCc2ccc(NC(=O)C3CCCNC3)cc21. The Kier molecular flexibility index (Phi) is 5.37. The Morgan fingerprint density at radius 3 is 2.86 bits per heavy atom. The Morgan fingerprint density at radius 1 is 1.24 bits per heavy atom. The Bertz CT molecular complexity index is 539. The predicted octanol–water partition coefficient (Wildman–Crippen LogP) is 2.57. The molecule has 21 heavy (non-hydrogen) atoms. The summed E-state index contributed by atoms with van der Waals surface area (Å²) >= 11 is 0. The summed E-state index contributed by atoms with van der Waals surface area (Å²) in [4.78, 5) is 24.1. The van der Waals surface area contributed by atoms with Gasteiger partial charge < -0.3 is 10.6 Å². The van der Waals surface area contributed by atoms with Gasteiger partial charge in [-0.25, -0.2) is 0 Å². The van der Waals surface area contributed by atoms with Crippen LogP contribution in [0.3, 0.4) is 0 Å². The molecule has 1 fully saturated rings. The van der Waals surface area contributed by atoms with Gasteiger partial charge in [-0.3, -0.25) is 9.59 Å². The normalized spacial score (nSPS) is 21.1. The largest absolute Gasteiger partial charge is 0.326 e.